The number of aromatic nitrogens is 1. The molecule has 0 amide bonds. The molecule has 1 aliphatic carbocycles. The van der Waals surface area contributed by atoms with E-state index in [1.165, 1.54) is 25.7 Å². The predicted molar refractivity (Wildman–Crippen MR) is 70.8 cm³/mol. The first-order valence-electron chi connectivity index (χ1n) is 6.67. The van der Waals surface area contributed by atoms with E-state index in [1.54, 1.807) is 0 Å². The first kappa shape index (κ1) is 12.5. The molecule has 2 rings (SSSR count). The summed E-state index contributed by atoms with van der Waals surface area (Å²) in [6, 6.07) is 6.88. The molecule has 0 bridgehead atoms. The van der Waals surface area contributed by atoms with Gasteiger partial charge in [0.25, 0.3) is 0 Å². The number of pyridine rings is 1. The second-order valence-electron chi connectivity index (χ2n) is 4.92. The summed E-state index contributed by atoms with van der Waals surface area (Å²) in [7, 11) is 2.25. The van der Waals surface area contributed by atoms with Crippen LogP contribution in [0.4, 0.5) is 0 Å². The third-order valence-corrected chi connectivity index (χ3v) is 3.62. The summed E-state index contributed by atoms with van der Waals surface area (Å²) < 4.78 is 0. The van der Waals surface area contributed by atoms with E-state index >= 15 is 0 Å². The first-order valence-corrected chi connectivity index (χ1v) is 6.67. The van der Waals surface area contributed by atoms with Crippen LogP contribution in [-0.2, 0) is 6.54 Å². The molecule has 0 spiro atoms. The third kappa shape index (κ3) is 4.10. The fourth-order valence-corrected chi connectivity index (χ4v) is 2.50. The molecule has 0 aliphatic heterocycles. The minimum absolute atomic E-state index is 0.826. The maximum atomic E-state index is 4.30. The van der Waals surface area contributed by atoms with Crippen LogP contribution in [0.15, 0.2) is 24.4 Å². The molecule has 1 N–H and O–H groups in total. The minimum Gasteiger partial charge on any atom is -0.310 e. The van der Waals surface area contributed by atoms with Crippen LogP contribution in [0.25, 0.3) is 0 Å². The number of rotatable bonds is 6. The van der Waals surface area contributed by atoms with Gasteiger partial charge in [-0.25, -0.2) is 0 Å². The molecule has 1 aromatic heterocycles. The summed E-state index contributed by atoms with van der Waals surface area (Å²) in [5, 5.41) is 3.45. The van der Waals surface area contributed by atoms with Crippen LogP contribution in [0.2, 0.25) is 0 Å². The highest BCUT2D eigenvalue weighted by Gasteiger charge is 2.18. The molecular weight excluding hydrogens is 210 g/mol. The van der Waals surface area contributed by atoms with Gasteiger partial charge in [-0.3, -0.25) is 4.98 Å². The van der Waals surface area contributed by atoms with Crippen molar-refractivity contribution in [3.05, 3.63) is 30.1 Å². The van der Waals surface area contributed by atoms with Gasteiger partial charge in [0.05, 0.1) is 5.69 Å². The SMILES string of the molecule is CN(CCNCc1ccccn1)C1CCCC1. The third-order valence-electron chi connectivity index (χ3n) is 3.62. The van der Waals surface area contributed by atoms with E-state index in [2.05, 4.69) is 28.3 Å². The smallest absolute Gasteiger partial charge is 0.0541 e. The van der Waals surface area contributed by atoms with Crippen molar-refractivity contribution < 1.29 is 0 Å². The minimum atomic E-state index is 0.826. The molecule has 0 atom stereocenters. The van der Waals surface area contributed by atoms with Gasteiger partial charge in [-0.2, -0.15) is 0 Å². The average molecular weight is 233 g/mol. The van der Waals surface area contributed by atoms with Crippen LogP contribution in [-0.4, -0.2) is 36.1 Å². The lowest BCUT2D eigenvalue weighted by Crippen LogP contribution is -2.35. The average Bonchev–Trinajstić information content (AvgIpc) is 2.89. The van der Waals surface area contributed by atoms with Crippen molar-refractivity contribution in [1.29, 1.82) is 0 Å². The Balaban J connectivity index is 1.59. The second kappa shape index (κ2) is 6.72. The zero-order chi connectivity index (χ0) is 11.9. The lowest BCUT2D eigenvalue weighted by molar-refractivity contribution is 0.245. The largest absolute Gasteiger partial charge is 0.310 e. The highest BCUT2D eigenvalue weighted by molar-refractivity contribution is 5.02. The van der Waals surface area contributed by atoms with E-state index in [9.17, 15) is 0 Å². The summed E-state index contributed by atoms with van der Waals surface area (Å²) in [6.07, 6.45) is 7.45. The van der Waals surface area contributed by atoms with E-state index in [0.29, 0.717) is 0 Å². The molecule has 1 aromatic rings. The number of hydrogen-bond donors (Lipinski definition) is 1. The predicted octanol–water partition coefficient (Wildman–Crippen LogP) is 2.05. The van der Waals surface area contributed by atoms with Crippen molar-refractivity contribution in [2.75, 3.05) is 20.1 Å². The van der Waals surface area contributed by atoms with Crippen molar-refractivity contribution in [3.63, 3.8) is 0 Å². The number of nitrogens with zero attached hydrogens (tertiary/aromatic N) is 2. The molecule has 1 fully saturated rings. The molecular formula is C14H23N3. The van der Waals surface area contributed by atoms with Gasteiger partial charge in [0, 0.05) is 31.9 Å². The highest BCUT2D eigenvalue weighted by Crippen LogP contribution is 2.21. The fraction of sp³-hybridized carbons (Fsp3) is 0.643. The van der Waals surface area contributed by atoms with Crippen LogP contribution in [0, 0.1) is 0 Å². The Bertz CT molecular complexity index is 307. The summed E-state index contributed by atoms with van der Waals surface area (Å²) in [4.78, 5) is 6.80. The molecule has 0 aromatic carbocycles. The number of nitrogens with one attached hydrogen (secondary N) is 1. The van der Waals surface area contributed by atoms with Gasteiger partial charge in [0.2, 0.25) is 0 Å². The summed E-state index contributed by atoms with van der Waals surface area (Å²) in [6.45, 7) is 3.06. The Hall–Kier alpha value is -0.930. The zero-order valence-electron chi connectivity index (χ0n) is 10.7. The molecule has 0 unspecified atom stereocenters. The van der Waals surface area contributed by atoms with Crippen molar-refractivity contribution >= 4 is 0 Å². The molecule has 0 saturated heterocycles. The Morgan fingerprint density at radius 2 is 2.18 bits per heavy atom. The Labute approximate surface area is 104 Å². The standard InChI is InChI=1S/C14H23N3/c1-17(14-7-2-3-8-14)11-10-15-12-13-6-4-5-9-16-13/h4-6,9,14-15H,2-3,7-8,10-12H2,1H3. The number of likely N-dealkylation sites (N-methyl/N-ethyl adjacent to an activating group) is 1. The van der Waals surface area contributed by atoms with Crippen molar-refractivity contribution in [1.82, 2.24) is 15.2 Å². The van der Waals surface area contributed by atoms with Crippen LogP contribution in [0.1, 0.15) is 31.4 Å². The topological polar surface area (TPSA) is 28.2 Å². The second-order valence-corrected chi connectivity index (χ2v) is 4.92. The van der Waals surface area contributed by atoms with Gasteiger partial charge in [-0.05, 0) is 32.0 Å². The normalized spacial score (nSPS) is 16.8. The van der Waals surface area contributed by atoms with Crippen molar-refractivity contribution in [3.8, 4) is 0 Å². The fourth-order valence-electron chi connectivity index (χ4n) is 2.50. The zero-order valence-corrected chi connectivity index (χ0v) is 10.7. The van der Waals surface area contributed by atoms with Crippen LogP contribution >= 0.6 is 0 Å². The van der Waals surface area contributed by atoms with E-state index < -0.39 is 0 Å². The summed E-state index contributed by atoms with van der Waals surface area (Å²) in [5.74, 6) is 0. The molecule has 1 heterocycles. The van der Waals surface area contributed by atoms with Gasteiger partial charge in [0.1, 0.15) is 0 Å². The lowest BCUT2D eigenvalue weighted by atomic mass is 10.2. The Morgan fingerprint density at radius 3 is 2.88 bits per heavy atom. The van der Waals surface area contributed by atoms with Crippen LogP contribution in [0.3, 0.4) is 0 Å². The number of hydrogen-bond acceptors (Lipinski definition) is 3. The van der Waals surface area contributed by atoms with E-state index in [-0.39, 0.29) is 0 Å². The van der Waals surface area contributed by atoms with Gasteiger partial charge in [-0.1, -0.05) is 18.9 Å². The highest BCUT2D eigenvalue weighted by atomic mass is 15.1. The van der Waals surface area contributed by atoms with E-state index in [1.807, 2.05) is 18.3 Å². The quantitative estimate of drug-likeness (QED) is 0.762. The van der Waals surface area contributed by atoms with Gasteiger partial charge in [-0.15, -0.1) is 0 Å². The van der Waals surface area contributed by atoms with Gasteiger partial charge >= 0.3 is 0 Å². The molecule has 0 radical (unpaired) electrons. The maximum Gasteiger partial charge on any atom is 0.0541 e. The molecule has 94 valence electrons. The van der Waals surface area contributed by atoms with Crippen LogP contribution < -0.4 is 5.32 Å². The van der Waals surface area contributed by atoms with Gasteiger partial charge < -0.3 is 10.2 Å². The molecule has 17 heavy (non-hydrogen) atoms. The maximum absolute atomic E-state index is 4.30. The summed E-state index contributed by atoms with van der Waals surface area (Å²) >= 11 is 0. The van der Waals surface area contributed by atoms with Crippen molar-refractivity contribution in [2.24, 2.45) is 0 Å². The van der Waals surface area contributed by atoms with Crippen molar-refractivity contribution in [2.45, 2.75) is 38.3 Å². The summed E-state index contributed by atoms with van der Waals surface area (Å²) in [5.41, 5.74) is 1.12. The Kier molecular flexibility index (Phi) is 4.95. The molecule has 3 heteroatoms. The van der Waals surface area contributed by atoms with Gasteiger partial charge in [0.15, 0.2) is 0 Å². The first-order chi connectivity index (χ1) is 8.36. The van der Waals surface area contributed by atoms with E-state index in [4.69, 9.17) is 0 Å². The molecule has 1 saturated carbocycles. The monoisotopic (exact) mass is 233 g/mol. The molecule has 1 aliphatic rings. The Morgan fingerprint density at radius 1 is 1.35 bits per heavy atom. The van der Waals surface area contributed by atoms with Crippen LogP contribution in [0.5, 0.6) is 0 Å². The van der Waals surface area contributed by atoms with E-state index in [0.717, 1.165) is 31.4 Å². The molecule has 3 nitrogen and oxygen atoms in total. The lowest BCUT2D eigenvalue weighted by Gasteiger charge is -2.23.